The van der Waals surface area contributed by atoms with Gasteiger partial charge in [-0.25, -0.2) is 13.4 Å². The first-order valence-corrected chi connectivity index (χ1v) is 9.20. The maximum Gasteiger partial charge on any atom is 0.243 e. The molecule has 0 amide bonds. The predicted molar refractivity (Wildman–Crippen MR) is 85.4 cm³/mol. The molecule has 2 rings (SSSR count). The molecule has 0 aromatic heterocycles. The van der Waals surface area contributed by atoms with Crippen LogP contribution < -0.4 is 5.32 Å². The summed E-state index contributed by atoms with van der Waals surface area (Å²) in [4.78, 5) is 4.41. The van der Waals surface area contributed by atoms with Crippen molar-refractivity contribution in [1.29, 1.82) is 5.26 Å². The number of sulfonamides is 1. The molecule has 0 aliphatic carbocycles. The van der Waals surface area contributed by atoms with Crippen molar-refractivity contribution >= 4 is 32.6 Å². The van der Waals surface area contributed by atoms with E-state index < -0.39 is 10.0 Å². The fourth-order valence-corrected chi connectivity index (χ4v) is 3.73. The number of thioether (sulfide) groups is 1. The van der Waals surface area contributed by atoms with E-state index in [1.165, 1.54) is 22.1 Å². The summed E-state index contributed by atoms with van der Waals surface area (Å²) in [7, 11) is -3.55. The molecule has 118 valence electrons. The van der Waals surface area contributed by atoms with Crippen LogP contribution in [0.1, 0.15) is 0 Å². The van der Waals surface area contributed by atoms with Crippen molar-refractivity contribution in [3.63, 3.8) is 0 Å². The van der Waals surface area contributed by atoms with Crippen molar-refractivity contribution in [2.45, 2.75) is 4.90 Å². The van der Waals surface area contributed by atoms with Crippen LogP contribution in [0.3, 0.4) is 0 Å². The van der Waals surface area contributed by atoms with Gasteiger partial charge < -0.3 is 4.74 Å². The van der Waals surface area contributed by atoms with E-state index >= 15 is 0 Å². The largest absolute Gasteiger partial charge is 0.379 e. The minimum atomic E-state index is -3.55. The lowest BCUT2D eigenvalue weighted by molar-refractivity contribution is 0.0730. The van der Waals surface area contributed by atoms with Crippen molar-refractivity contribution in [3.05, 3.63) is 24.3 Å². The van der Waals surface area contributed by atoms with Crippen molar-refractivity contribution in [1.82, 2.24) is 9.62 Å². The first kappa shape index (κ1) is 16.8. The van der Waals surface area contributed by atoms with Crippen LogP contribution in [0.15, 0.2) is 34.2 Å². The Labute approximate surface area is 134 Å². The molecule has 22 heavy (non-hydrogen) atoms. The van der Waals surface area contributed by atoms with Gasteiger partial charge in [0.15, 0.2) is 11.4 Å². The van der Waals surface area contributed by atoms with Crippen LogP contribution in [0.4, 0.5) is 5.69 Å². The number of nitriles is 1. The number of amidine groups is 1. The molecule has 0 spiro atoms. The zero-order valence-corrected chi connectivity index (χ0v) is 13.7. The standard InChI is InChI=1S/C13H16N4O3S2/c1-21-13(15-10-14)16-11-3-2-4-12(9-11)22(18,19)17-5-7-20-8-6-17/h2-4,9H,5-8H2,1H3,(H,15,16). The molecule has 0 bridgehead atoms. The fourth-order valence-electron chi connectivity index (χ4n) is 1.94. The summed E-state index contributed by atoms with van der Waals surface area (Å²) >= 11 is 1.27. The molecule has 1 aliphatic heterocycles. The maximum absolute atomic E-state index is 12.6. The van der Waals surface area contributed by atoms with Gasteiger partial charge in [0, 0.05) is 13.1 Å². The lowest BCUT2D eigenvalue weighted by atomic mass is 10.3. The molecule has 0 saturated carbocycles. The Bertz CT molecular complexity index is 691. The highest BCUT2D eigenvalue weighted by Crippen LogP contribution is 2.22. The van der Waals surface area contributed by atoms with Crippen molar-refractivity contribution in [3.8, 4) is 6.19 Å². The van der Waals surface area contributed by atoms with E-state index in [1.54, 1.807) is 30.6 Å². The Morgan fingerprint density at radius 2 is 2.18 bits per heavy atom. The number of rotatable bonds is 3. The zero-order chi connectivity index (χ0) is 16.0. The van der Waals surface area contributed by atoms with Crippen LogP contribution in [0.25, 0.3) is 0 Å². The highest BCUT2D eigenvalue weighted by Gasteiger charge is 2.26. The normalized spacial score (nSPS) is 17.0. The number of morpholine rings is 1. The molecule has 7 nitrogen and oxygen atoms in total. The lowest BCUT2D eigenvalue weighted by Gasteiger charge is -2.26. The van der Waals surface area contributed by atoms with E-state index in [2.05, 4.69) is 10.3 Å². The smallest absolute Gasteiger partial charge is 0.243 e. The van der Waals surface area contributed by atoms with Crippen LogP contribution in [0.2, 0.25) is 0 Å². The molecule has 1 heterocycles. The second-order valence-electron chi connectivity index (χ2n) is 4.37. The minimum absolute atomic E-state index is 0.188. The Morgan fingerprint density at radius 1 is 1.45 bits per heavy atom. The average Bonchev–Trinajstić information content (AvgIpc) is 2.55. The first-order chi connectivity index (χ1) is 10.6. The number of nitrogens with zero attached hydrogens (tertiary/aromatic N) is 3. The minimum Gasteiger partial charge on any atom is -0.379 e. The van der Waals surface area contributed by atoms with Gasteiger partial charge in [-0.05, 0) is 24.5 Å². The maximum atomic E-state index is 12.6. The average molecular weight is 340 g/mol. The Morgan fingerprint density at radius 3 is 2.82 bits per heavy atom. The van der Waals surface area contributed by atoms with Gasteiger partial charge >= 0.3 is 0 Å². The van der Waals surface area contributed by atoms with E-state index in [1.807, 2.05) is 0 Å². The van der Waals surface area contributed by atoms with Gasteiger partial charge in [-0.3, -0.25) is 5.32 Å². The Kier molecular flexibility index (Phi) is 5.79. The molecule has 0 unspecified atom stereocenters. The summed E-state index contributed by atoms with van der Waals surface area (Å²) in [6.45, 7) is 1.50. The third-order valence-corrected chi connectivity index (χ3v) is 5.49. The van der Waals surface area contributed by atoms with Gasteiger partial charge in [-0.15, -0.1) is 0 Å². The summed E-state index contributed by atoms with van der Waals surface area (Å²) in [6, 6.07) is 6.37. The zero-order valence-electron chi connectivity index (χ0n) is 12.0. The SMILES string of the molecule is CSC(=Nc1cccc(S(=O)(=O)N2CCOCC2)c1)NC#N. The molecule has 1 N–H and O–H groups in total. The molecule has 1 aromatic carbocycles. The van der Waals surface area contributed by atoms with Crippen LogP contribution in [-0.2, 0) is 14.8 Å². The molecule has 1 aromatic rings. The summed E-state index contributed by atoms with van der Waals surface area (Å²) < 4.78 is 31.7. The van der Waals surface area contributed by atoms with E-state index in [9.17, 15) is 8.42 Å². The van der Waals surface area contributed by atoms with Crippen LogP contribution in [0, 0.1) is 11.5 Å². The van der Waals surface area contributed by atoms with Crippen molar-refractivity contribution in [2.75, 3.05) is 32.6 Å². The number of benzene rings is 1. The monoisotopic (exact) mass is 340 g/mol. The van der Waals surface area contributed by atoms with E-state index in [4.69, 9.17) is 10.00 Å². The second-order valence-corrected chi connectivity index (χ2v) is 7.10. The fraction of sp³-hybridized carbons (Fsp3) is 0.385. The molecule has 0 radical (unpaired) electrons. The molecule has 1 saturated heterocycles. The third-order valence-electron chi connectivity index (χ3n) is 3.01. The molecular formula is C13H16N4O3S2. The van der Waals surface area contributed by atoms with E-state index in [0.717, 1.165) is 0 Å². The number of nitrogens with one attached hydrogen (secondary N) is 1. The molecule has 9 heteroatoms. The third kappa shape index (κ3) is 3.98. The van der Waals surface area contributed by atoms with Crippen LogP contribution in [-0.4, -0.2) is 50.4 Å². The Hall–Kier alpha value is -1.60. The predicted octanol–water partition coefficient (Wildman–Crippen LogP) is 1.13. The van der Waals surface area contributed by atoms with Crippen molar-refractivity contribution < 1.29 is 13.2 Å². The summed E-state index contributed by atoms with van der Waals surface area (Å²) in [5.74, 6) is 0. The number of aliphatic imine (C=N–C) groups is 1. The Balaban J connectivity index is 2.29. The number of hydrogen-bond acceptors (Lipinski definition) is 6. The first-order valence-electron chi connectivity index (χ1n) is 6.53. The summed E-state index contributed by atoms with van der Waals surface area (Å²) in [5, 5.41) is 11.5. The second kappa shape index (κ2) is 7.60. The van der Waals surface area contributed by atoms with E-state index in [-0.39, 0.29) is 4.90 Å². The lowest BCUT2D eigenvalue weighted by Crippen LogP contribution is -2.40. The molecule has 0 atom stereocenters. The quantitative estimate of drug-likeness (QED) is 0.384. The van der Waals surface area contributed by atoms with Gasteiger partial charge in [0.2, 0.25) is 10.0 Å². The van der Waals surface area contributed by atoms with Gasteiger partial charge in [-0.2, -0.15) is 9.57 Å². The van der Waals surface area contributed by atoms with E-state index in [0.29, 0.717) is 37.2 Å². The number of hydrogen-bond donors (Lipinski definition) is 1. The topological polar surface area (TPSA) is 94.8 Å². The van der Waals surface area contributed by atoms with Crippen LogP contribution >= 0.6 is 11.8 Å². The number of ether oxygens (including phenoxy) is 1. The van der Waals surface area contributed by atoms with Crippen molar-refractivity contribution in [2.24, 2.45) is 4.99 Å². The molecule has 1 aliphatic rings. The molecule has 1 fully saturated rings. The molecular weight excluding hydrogens is 324 g/mol. The van der Waals surface area contributed by atoms with Crippen LogP contribution in [0.5, 0.6) is 0 Å². The highest BCUT2D eigenvalue weighted by atomic mass is 32.2. The summed E-state index contributed by atoms with van der Waals surface area (Å²) in [5.41, 5.74) is 0.474. The van der Waals surface area contributed by atoms with Gasteiger partial charge in [0.1, 0.15) is 0 Å². The summed E-state index contributed by atoms with van der Waals surface area (Å²) in [6.07, 6.45) is 3.57. The van der Waals surface area contributed by atoms with Gasteiger partial charge in [0.05, 0.1) is 23.8 Å². The van der Waals surface area contributed by atoms with Gasteiger partial charge in [0.25, 0.3) is 0 Å². The highest BCUT2D eigenvalue weighted by molar-refractivity contribution is 8.13. The van der Waals surface area contributed by atoms with Gasteiger partial charge in [-0.1, -0.05) is 17.8 Å².